The number of ether oxygens (including phenoxy) is 2. The summed E-state index contributed by atoms with van der Waals surface area (Å²) in [5.74, 6) is -6.90. The lowest BCUT2D eigenvalue weighted by Gasteiger charge is -2.33. The minimum Gasteiger partial charge on any atom is -0.422 e. The molecule has 0 bridgehead atoms. The molecule has 0 N–H and O–H groups in total. The maximum Gasteiger partial charge on any atom is 0.331 e. The molecular weight excluding hydrogens is 300 g/mol. The number of carbonyl (C=O) groups is 4. The Hall–Kier alpha value is -1.72. The lowest BCUT2D eigenvalue weighted by atomic mass is 9.85. The van der Waals surface area contributed by atoms with E-state index in [1.807, 2.05) is 0 Å². The van der Waals surface area contributed by atoms with Crippen LogP contribution in [0.4, 0.5) is 0 Å². The van der Waals surface area contributed by atoms with Crippen molar-refractivity contribution in [3.05, 3.63) is 0 Å². The highest BCUT2D eigenvalue weighted by Gasteiger charge is 2.49. The van der Waals surface area contributed by atoms with Gasteiger partial charge in [-0.2, -0.15) is 0 Å². The predicted octanol–water partition coefficient (Wildman–Crippen LogP) is 2.57. The molecule has 1 fully saturated rings. The number of carbonyl (C=O) groups excluding carboxylic acids is 4. The lowest BCUT2D eigenvalue weighted by Crippen LogP contribution is -2.51. The first-order chi connectivity index (χ1) is 10.7. The fraction of sp³-hybridized carbons (Fsp3) is 0.765. The number of cyclic esters (lactones) is 2. The van der Waals surface area contributed by atoms with E-state index >= 15 is 0 Å². The zero-order chi connectivity index (χ0) is 17.6. The third-order valence-electron chi connectivity index (χ3n) is 3.88. The molecule has 6 nitrogen and oxygen atoms in total. The second-order valence-corrected chi connectivity index (χ2v) is 6.44. The molecule has 23 heavy (non-hydrogen) atoms. The number of unbranched alkanes of at least 4 members (excludes halogenated alkanes) is 4. The number of rotatable bonds is 9. The SMILES string of the molecule is CCCCCCCC(C(C)=O)C(=O)C1C(=O)OC(C)(C)OC1=O. The highest BCUT2D eigenvalue weighted by atomic mass is 16.7. The monoisotopic (exact) mass is 326 g/mol. The van der Waals surface area contributed by atoms with Crippen molar-refractivity contribution in [1.29, 1.82) is 0 Å². The van der Waals surface area contributed by atoms with Gasteiger partial charge in [0.1, 0.15) is 5.78 Å². The van der Waals surface area contributed by atoms with Crippen molar-refractivity contribution in [3.63, 3.8) is 0 Å². The van der Waals surface area contributed by atoms with Gasteiger partial charge in [0.15, 0.2) is 5.78 Å². The van der Waals surface area contributed by atoms with Gasteiger partial charge in [0, 0.05) is 13.8 Å². The number of ketones is 2. The maximum absolute atomic E-state index is 12.5. The van der Waals surface area contributed by atoms with Gasteiger partial charge >= 0.3 is 11.9 Å². The smallest absolute Gasteiger partial charge is 0.331 e. The van der Waals surface area contributed by atoms with Crippen LogP contribution in [0, 0.1) is 11.8 Å². The Morgan fingerprint density at radius 3 is 2.04 bits per heavy atom. The first-order valence-electron chi connectivity index (χ1n) is 8.19. The quantitative estimate of drug-likeness (QED) is 0.368. The Bertz CT molecular complexity index is 459. The molecule has 1 unspecified atom stereocenters. The Morgan fingerprint density at radius 1 is 1.04 bits per heavy atom. The molecule has 1 atom stereocenters. The first-order valence-corrected chi connectivity index (χ1v) is 8.19. The summed E-state index contributed by atoms with van der Waals surface area (Å²) in [7, 11) is 0. The van der Waals surface area contributed by atoms with Crippen molar-refractivity contribution < 1.29 is 28.7 Å². The molecule has 1 aliphatic heterocycles. The van der Waals surface area contributed by atoms with E-state index < -0.39 is 35.3 Å². The molecule has 1 rings (SSSR count). The summed E-state index contributed by atoms with van der Waals surface area (Å²) < 4.78 is 9.90. The van der Waals surface area contributed by atoms with E-state index in [0.29, 0.717) is 12.8 Å². The van der Waals surface area contributed by atoms with Crippen LogP contribution < -0.4 is 0 Å². The van der Waals surface area contributed by atoms with Gasteiger partial charge in [-0.3, -0.25) is 19.2 Å². The number of Topliss-reactive ketones (excluding diaryl/α,β-unsaturated/α-hetero) is 2. The van der Waals surface area contributed by atoms with Gasteiger partial charge in [0.05, 0.1) is 5.92 Å². The fourth-order valence-corrected chi connectivity index (χ4v) is 2.65. The zero-order valence-corrected chi connectivity index (χ0v) is 14.3. The van der Waals surface area contributed by atoms with Crippen LogP contribution in [0.1, 0.15) is 66.2 Å². The summed E-state index contributed by atoms with van der Waals surface area (Å²) in [5.41, 5.74) is 0. The van der Waals surface area contributed by atoms with E-state index in [0.717, 1.165) is 25.7 Å². The minimum absolute atomic E-state index is 0.337. The van der Waals surface area contributed by atoms with Crippen molar-refractivity contribution in [2.24, 2.45) is 11.8 Å². The molecule has 0 aromatic carbocycles. The van der Waals surface area contributed by atoms with Gasteiger partial charge in [-0.25, -0.2) is 0 Å². The van der Waals surface area contributed by atoms with Gasteiger partial charge in [-0.1, -0.05) is 39.0 Å². The molecule has 0 spiro atoms. The molecule has 1 heterocycles. The highest BCUT2D eigenvalue weighted by molar-refractivity contribution is 6.20. The molecule has 0 aromatic heterocycles. The Morgan fingerprint density at radius 2 is 1.57 bits per heavy atom. The second-order valence-electron chi connectivity index (χ2n) is 6.44. The fourth-order valence-electron chi connectivity index (χ4n) is 2.65. The van der Waals surface area contributed by atoms with Gasteiger partial charge in [0.25, 0.3) is 5.79 Å². The van der Waals surface area contributed by atoms with Crippen LogP contribution in [-0.4, -0.2) is 29.3 Å². The van der Waals surface area contributed by atoms with Gasteiger partial charge < -0.3 is 9.47 Å². The van der Waals surface area contributed by atoms with Crippen LogP contribution in [0.15, 0.2) is 0 Å². The number of hydrogen-bond acceptors (Lipinski definition) is 6. The van der Waals surface area contributed by atoms with E-state index in [9.17, 15) is 19.2 Å². The van der Waals surface area contributed by atoms with Crippen molar-refractivity contribution in [2.45, 2.75) is 72.0 Å². The van der Waals surface area contributed by atoms with Crippen LogP contribution >= 0.6 is 0 Å². The molecular formula is C17H26O6. The lowest BCUT2D eigenvalue weighted by molar-refractivity contribution is -0.238. The Labute approximate surface area is 136 Å². The standard InChI is InChI=1S/C17H26O6/c1-5-6-7-8-9-10-12(11(2)18)14(19)13-15(20)22-17(3,4)23-16(13)21/h12-13H,5-10H2,1-4H3. The summed E-state index contributed by atoms with van der Waals surface area (Å²) >= 11 is 0. The van der Waals surface area contributed by atoms with Crippen LogP contribution in [0.2, 0.25) is 0 Å². The minimum atomic E-state index is -1.65. The molecule has 0 aromatic rings. The maximum atomic E-state index is 12.5. The molecule has 0 radical (unpaired) electrons. The van der Waals surface area contributed by atoms with Crippen LogP contribution in [0.5, 0.6) is 0 Å². The molecule has 130 valence electrons. The summed E-state index contributed by atoms with van der Waals surface area (Å²) in [6, 6.07) is 0. The summed E-state index contributed by atoms with van der Waals surface area (Å²) in [5, 5.41) is 0. The predicted molar refractivity (Wildman–Crippen MR) is 82.3 cm³/mol. The topological polar surface area (TPSA) is 86.7 Å². The van der Waals surface area contributed by atoms with Crippen LogP contribution in [0.3, 0.4) is 0 Å². The van der Waals surface area contributed by atoms with Gasteiger partial charge in [0.2, 0.25) is 5.92 Å². The molecule has 1 aliphatic rings. The average Bonchev–Trinajstić information content (AvgIpc) is 2.39. The highest BCUT2D eigenvalue weighted by Crippen LogP contribution is 2.27. The number of esters is 2. The summed E-state index contributed by atoms with van der Waals surface area (Å²) in [6.07, 6.45) is 5.21. The summed E-state index contributed by atoms with van der Waals surface area (Å²) in [6.45, 7) is 6.24. The Kier molecular flexibility index (Phi) is 6.91. The molecule has 6 heteroatoms. The van der Waals surface area contributed by atoms with E-state index in [2.05, 4.69) is 6.92 Å². The molecule has 1 saturated heterocycles. The molecule has 0 aliphatic carbocycles. The van der Waals surface area contributed by atoms with Crippen molar-refractivity contribution in [3.8, 4) is 0 Å². The van der Waals surface area contributed by atoms with Crippen LogP contribution in [-0.2, 0) is 28.7 Å². The van der Waals surface area contributed by atoms with E-state index in [-0.39, 0.29) is 5.78 Å². The normalized spacial score (nSPS) is 19.0. The van der Waals surface area contributed by atoms with Gasteiger partial charge in [-0.15, -0.1) is 0 Å². The van der Waals surface area contributed by atoms with E-state index in [4.69, 9.17) is 9.47 Å². The second kappa shape index (κ2) is 8.22. The molecule has 0 saturated carbocycles. The van der Waals surface area contributed by atoms with Crippen molar-refractivity contribution in [2.75, 3.05) is 0 Å². The average molecular weight is 326 g/mol. The van der Waals surface area contributed by atoms with E-state index in [1.54, 1.807) is 0 Å². The number of hydrogen-bond donors (Lipinski definition) is 0. The summed E-state index contributed by atoms with van der Waals surface area (Å²) in [4.78, 5) is 48.1. The third kappa shape index (κ3) is 5.44. The Balaban J connectivity index is 2.72. The zero-order valence-electron chi connectivity index (χ0n) is 14.3. The van der Waals surface area contributed by atoms with Crippen molar-refractivity contribution in [1.82, 2.24) is 0 Å². The van der Waals surface area contributed by atoms with Gasteiger partial charge in [-0.05, 0) is 13.3 Å². The first kappa shape index (κ1) is 19.3. The van der Waals surface area contributed by atoms with Crippen molar-refractivity contribution >= 4 is 23.5 Å². The third-order valence-corrected chi connectivity index (χ3v) is 3.88. The van der Waals surface area contributed by atoms with Crippen LogP contribution in [0.25, 0.3) is 0 Å². The molecule has 0 amide bonds. The largest absolute Gasteiger partial charge is 0.422 e. The van der Waals surface area contributed by atoms with E-state index in [1.165, 1.54) is 20.8 Å².